The smallest absolute Gasteiger partial charge is 0.371 e. The van der Waals surface area contributed by atoms with Crippen LogP contribution in [0.25, 0.3) is 11.1 Å². The van der Waals surface area contributed by atoms with E-state index >= 15 is 0 Å². The zero-order valence-corrected chi connectivity index (χ0v) is 13.7. The van der Waals surface area contributed by atoms with Gasteiger partial charge in [0.25, 0.3) is 0 Å². The summed E-state index contributed by atoms with van der Waals surface area (Å²) in [6.07, 6.45) is 3.04. The van der Waals surface area contributed by atoms with Crippen molar-refractivity contribution in [3.05, 3.63) is 66.2 Å². The maximum atomic E-state index is 10.9. The lowest BCUT2D eigenvalue weighted by atomic mass is 10.00. The van der Waals surface area contributed by atoms with Gasteiger partial charge in [-0.3, -0.25) is 0 Å². The van der Waals surface area contributed by atoms with Crippen LogP contribution in [0.5, 0.6) is 5.75 Å². The largest absolute Gasteiger partial charge is 0.380 e. The van der Waals surface area contributed by atoms with Gasteiger partial charge in [0.1, 0.15) is 18.4 Å². The summed E-state index contributed by atoms with van der Waals surface area (Å²) in [7, 11) is -4.06. The second-order valence-electron chi connectivity index (χ2n) is 5.22. The van der Waals surface area contributed by atoms with Gasteiger partial charge in [0, 0.05) is 0 Å². The second-order valence-corrected chi connectivity index (χ2v) is 6.38. The first-order chi connectivity index (χ1) is 11.9. The molecule has 8 nitrogen and oxygen atoms in total. The molecule has 1 aromatic heterocycles. The monoisotopic (exact) mass is 355 g/mol. The Balaban J connectivity index is 1.92. The molecular formula is C16H13N5O3S. The van der Waals surface area contributed by atoms with E-state index in [1.165, 1.54) is 18.5 Å². The zero-order valence-electron chi connectivity index (χ0n) is 12.9. The third kappa shape index (κ3) is 4.41. The molecule has 0 bridgehead atoms. The Morgan fingerprint density at radius 1 is 1.16 bits per heavy atom. The fourth-order valence-corrected chi connectivity index (χ4v) is 2.73. The molecule has 0 aliphatic rings. The van der Waals surface area contributed by atoms with Gasteiger partial charge in [-0.05, 0) is 47.0 Å². The van der Waals surface area contributed by atoms with Crippen LogP contribution in [0.2, 0.25) is 0 Å². The van der Waals surface area contributed by atoms with Gasteiger partial charge in [0.2, 0.25) is 0 Å². The van der Waals surface area contributed by atoms with Crippen LogP contribution in [0.3, 0.4) is 0 Å². The molecule has 2 aromatic carbocycles. The summed E-state index contributed by atoms with van der Waals surface area (Å²) in [5.41, 5.74) is 3.02. The predicted octanol–water partition coefficient (Wildman–Crippen LogP) is 1.45. The van der Waals surface area contributed by atoms with E-state index in [9.17, 15) is 13.7 Å². The molecule has 2 N–H and O–H groups in total. The van der Waals surface area contributed by atoms with Crippen molar-refractivity contribution >= 4 is 10.3 Å². The molecule has 3 aromatic rings. The van der Waals surface area contributed by atoms with Crippen molar-refractivity contribution in [2.24, 2.45) is 5.14 Å². The lowest BCUT2D eigenvalue weighted by molar-refractivity contribution is 0.488. The highest BCUT2D eigenvalue weighted by molar-refractivity contribution is 7.84. The maximum absolute atomic E-state index is 10.9. The summed E-state index contributed by atoms with van der Waals surface area (Å²) in [4.78, 5) is 3.89. The molecule has 0 amide bonds. The minimum absolute atomic E-state index is 0.116. The molecule has 0 aliphatic heterocycles. The molecule has 0 saturated carbocycles. The second kappa shape index (κ2) is 6.72. The van der Waals surface area contributed by atoms with Crippen molar-refractivity contribution in [1.29, 1.82) is 5.26 Å². The predicted molar refractivity (Wildman–Crippen MR) is 89.5 cm³/mol. The first-order valence-electron chi connectivity index (χ1n) is 7.12. The van der Waals surface area contributed by atoms with Crippen molar-refractivity contribution in [2.45, 2.75) is 6.54 Å². The number of benzene rings is 2. The quantitative estimate of drug-likeness (QED) is 0.738. The van der Waals surface area contributed by atoms with Gasteiger partial charge in [-0.15, -0.1) is 0 Å². The van der Waals surface area contributed by atoms with Gasteiger partial charge in [-0.1, -0.05) is 12.1 Å². The van der Waals surface area contributed by atoms with Crippen molar-refractivity contribution in [3.63, 3.8) is 0 Å². The lowest BCUT2D eigenvalue weighted by Gasteiger charge is -2.08. The first-order valence-corrected chi connectivity index (χ1v) is 8.59. The number of nitrogens with zero attached hydrogens (tertiary/aromatic N) is 4. The Morgan fingerprint density at radius 3 is 2.52 bits per heavy atom. The molecule has 1 heterocycles. The van der Waals surface area contributed by atoms with Crippen LogP contribution >= 0.6 is 0 Å². The van der Waals surface area contributed by atoms with Crippen LogP contribution in [0.1, 0.15) is 11.1 Å². The molecule has 126 valence electrons. The average molecular weight is 355 g/mol. The van der Waals surface area contributed by atoms with Gasteiger partial charge in [-0.25, -0.2) is 9.67 Å². The maximum Gasteiger partial charge on any atom is 0.380 e. The van der Waals surface area contributed by atoms with E-state index in [-0.39, 0.29) is 5.75 Å². The highest BCUT2D eigenvalue weighted by Gasteiger charge is 2.07. The summed E-state index contributed by atoms with van der Waals surface area (Å²) < 4.78 is 28.1. The fourth-order valence-electron chi connectivity index (χ4n) is 2.35. The van der Waals surface area contributed by atoms with Crippen LogP contribution in [0.4, 0.5) is 0 Å². The minimum Gasteiger partial charge on any atom is -0.371 e. The molecule has 0 aliphatic carbocycles. The molecule has 0 unspecified atom stereocenters. The number of aromatic nitrogens is 3. The Morgan fingerprint density at radius 2 is 1.92 bits per heavy atom. The molecule has 25 heavy (non-hydrogen) atoms. The zero-order chi connectivity index (χ0) is 17.9. The summed E-state index contributed by atoms with van der Waals surface area (Å²) in [5, 5.41) is 18.1. The number of rotatable bonds is 5. The van der Waals surface area contributed by atoms with Crippen LogP contribution < -0.4 is 9.32 Å². The Hall–Kier alpha value is -3.22. The van der Waals surface area contributed by atoms with Crippen molar-refractivity contribution in [1.82, 2.24) is 14.8 Å². The molecule has 0 atom stereocenters. The van der Waals surface area contributed by atoms with Crippen molar-refractivity contribution in [3.8, 4) is 22.9 Å². The molecule has 0 saturated heterocycles. The van der Waals surface area contributed by atoms with E-state index < -0.39 is 10.3 Å². The van der Waals surface area contributed by atoms with Gasteiger partial charge in [-0.2, -0.15) is 23.9 Å². The standard InChI is InChI=1S/C16H13N5O3S/c17-8-12-5-13(9-21-11-19-10-20-21)7-15(6-12)14-1-3-16(4-2-14)24-25(18,22)23/h1-7,10-11H,9H2,(H2,18,22,23). The van der Waals surface area contributed by atoms with Gasteiger partial charge >= 0.3 is 10.3 Å². The topological polar surface area (TPSA) is 124 Å². The molecule has 0 fully saturated rings. The Bertz CT molecular complexity index is 1020. The summed E-state index contributed by atoms with van der Waals surface area (Å²) in [6.45, 7) is 0.481. The van der Waals surface area contributed by atoms with E-state index in [0.29, 0.717) is 12.1 Å². The third-order valence-electron chi connectivity index (χ3n) is 3.33. The van der Waals surface area contributed by atoms with Gasteiger partial charge in [0.05, 0.1) is 18.2 Å². The molecule has 3 rings (SSSR count). The van der Waals surface area contributed by atoms with Crippen LogP contribution in [0.15, 0.2) is 55.1 Å². The van der Waals surface area contributed by atoms with Crippen molar-refractivity contribution < 1.29 is 12.6 Å². The first kappa shape index (κ1) is 16.6. The van der Waals surface area contributed by atoms with Gasteiger partial charge < -0.3 is 4.18 Å². The van der Waals surface area contributed by atoms with E-state index in [1.807, 2.05) is 6.07 Å². The average Bonchev–Trinajstić information content (AvgIpc) is 3.06. The van der Waals surface area contributed by atoms with Crippen LogP contribution in [0, 0.1) is 11.3 Å². The SMILES string of the molecule is N#Cc1cc(Cn2cncn2)cc(-c2ccc(OS(N)(=O)=O)cc2)c1. The van der Waals surface area contributed by atoms with E-state index in [4.69, 9.17) is 5.14 Å². The van der Waals surface area contributed by atoms with Crippen molar-refractivity contribution in [2.75, 3.05) is 0 Å². The van der Waals surface area contributed by atoms with E-state index in [0.717, 1.165) is 16.7 Å². The van der Waals surface area contributed by atoms with E-state index in [2.05, 4.69) is 20.3 Å². The Labute approximate surface area is 144 Å². The number of nitrogens with two attached hydrogens (primary N) is 1. The normalized spacial score (nSPS) is 11.0. The molecule has 0 spiro atoms. The fraction of sp³-hybridized carbons (Fsp3) is 0.0625. The number of hydrogen-bond acceptors (Lipinski definition) is 6. The Kier molecular flexibility index (Phi) is 4.47. The third-order valence-corrected chi connectivity index (χ3v) is 3.76. The summed E-state index contributed by atoms with van der Waals surface area (Å²) in [6, 6.07) is 14.0. The highest BCUT2D eigenvalue weighted by Crippen LogP contribution is 2.25. The lowest BCUT2D eigenvalue weighted by Crippen LogP contribution is -2.18. The van der Waals surface area contributed by atoms with E-state index in [1.54, 1.807) is 35.3 Å². The van der Waals surface area contributed by atoms with Gasteiger partial charge in [0.15, 0.2) is 0 Å². The minimum atomic E-state index is -4.06. The summed E-state index contributed by atoms with van der Waals surface area (Å²) in [5.74, 6) is 0.116. The van der Waals surface area contributed by atoms with Crippen LogP contribution in [-0.4, -0.2) is 23.2 Å². The number of nitriles is 1. The number of hydrogen-bond donors (Lipinski definition) is 1. The molecular weight excluding hydrogens is 342 g/mol. The summed E-state index contributed by atoms with van der Waals surface area (Å²) >= 11 is 0. The molecule has 0 radical (unpaired) electrons. The molecule has 9 heteroatoms. The highest BCUT2D eigenvalue weighted by atomic mass is 32.2. The van der Waals surface area contributed by atoms with Crippen LogP contribution in [-0.2, 0) is 16.8 Å².